The van der Waals surface area contributed by atoms with Crippen LogP contribution >= 0.6 is 0 Å². The molecule has 2 heterocycles. The summed E-state index contributed by atoms with van der Waals surface area (Å²) in [4.78, 5) is 4.55. The zero-order valence-electron chi connectivity index (χ0n) is 12.5. The summed E-state index contributed by atoms with van der Waals surface area (Å²) in [6.45, 7) is 2.68. The average Bonchev–Trinajstić information content (AvgIpc) is 2.97. The summed E-state index contributed by atoms with van der Waals surface area (Å²) >= 11 is 0. The van der Waals surface area contributed by atoms with Crippen molar-refractivity contribution >= 4 is 27.3 Å². The quantitative estimate of drug-likeness (QED) is 0.318. The van der Waals surface area contributed by atoms with Crippen molar-refractivity contribution < 1.29 is 29.2 Å². The molecule has 0 fully saturated rings. The van der Waals surface area contributed by atoms with Crippen molar-refractivity contribution in [2.24, 2.45) is 0 Å². The molecule has 4 rings (SSSR count). The maximum Gasteiger partial charge on any atom is 0.222 e. The van der Waals surface area contributed by atoms with E-state index in [0.29, 0.717) is 12.5 Å². The van der Waals surface area contributed by atoms with Gasteiger partial charge in [0.05, 0.1) is 18.5 Å². The Morgan fingerprint density at radius 3 is 2.91 bits per heavy atom. The maximum atomic E-state index is 13.7. The van der Waals surface area contributed by atoms with Crippen LogP contribution in [0.15, 0.2) is 42.6 Å². The second-order valence-corrected chi connectivity index (χ2v) is 5.24. The first kappa shape index (κ1) is 15.9. The van der Waals surface area contributed by atoms with E-state index < -0.39 is 0 Å². The van der Waals surface area contributed by atoms with Gasteiger partial charge in [0.15, 0.2) is 0 Å². The van der Waals surface area contributed by atoms with Crippen molar-refractivity contribution in [2.45, 2.75) is 13.3 Å². The van der Waals surface area contributed by atoms with Gasteiger partial charge in [0.2, 0.25) is 5.88 Å². The predicted octanol–water partition coefficient (Wildman–Crippen LogP) is 4.37. The number of benzene rings is 2. The van der Waals surface area contributed by atoms with Gasteiger partial charge in [-0.05, 0) is 17.9 Å². The molecule has 0 aliphatic carbocycles. The zero-order chi connectivity index (χ0) is 15.1. The smallest absolute Gasteiger partial charge is 0.222 e. The zero-order valence-corrected chi connectivity index (χ0v) is 14.9. The number of para-hydroxylation sites is 1. The maximum absolute atomic E-state index is 13.7. The summed E-state index contributed by atoms with van der Waals surface area (Å²) < 4.78 is 21.3. The molecular formula is C18H14FIrN2O-. The summed E-state index contributed by atoms with van der Waals surface area (Å²) in [6, 6.07) is 13.8. The van der Waals surface area contributed by atoms with Gasteiger partial charge in [0, 0.05) is 31.4 Å². The molecule has 0 spiro atoms. The molecule has 0 saturated heterocycles. The first-order valence-corrected chi connectivity index (χ1v) is 7.31. The summed E-state index contributed by atoms with van der Waals surface area (Å²) in [5.74, 6) is 0.285. The number of nitrogens with zero attached hydrogens (tertiary/aromatic N) is 2. The Morgan fingerprint density at radius 1 is 1.26 bits per heavy atom. The largest absolute Gasteiger partial charge is 0.477 e. The Bertz CT molecular complexity index is 996. The van der Waals surface area contributed by atoms with Crippen molar-refractivity contribution in [3.63, 3.8) is 0 Å². The Labute approximate surface area is 146 Å². The summed E-state index contributed by atoms with van der Waals surface area (Å²) in [5.41, 5.74) is 1.71. The van der Waals surface area contributed by atoms with Crippen molar-refractivity contribution in [2.75, 3.05) is 6.61 Å². The number of aromatic nitrogens is 2. The van der Waals surface area contributed by atoms with E-state index in [-0.39, 0.29) is 25.9 Å². The van der Waals surface area contributed by atoms with Gasteiger partial charge in [-0.2, -0.15) is 0 Å². The van der Waals surface area contributed by atoms with E-state index in [1.165, 1.54) is 12.1 Å². The molecule has 0 aliphatic heterocycles. The Hall–Kier alpha value is -1.97. The second kappa shape index (κ2) is 6.26. The van der Waals surface area contributed by atoms with Gasteiger partial charge in [-0.3, -0.25) is 4.39 Å². The van der Waals surface area contributed by atoms with Crippen LogP contribution in [0.3, 0.4) is 0 Å². The first-order chi connectivity index (χ1) is 10.8. The van der Waals surface area contributed by atoms with Crippen LogP contribution in [0, 0.1) is 11.9 Å². The third-order valence-corrected chi connectivity index (χ3v) is 3.72. The summed E-state index contributed by atoms with van der Waals surface area (Å²) in [7, 11) is 0. The molecule has 0 saturated carbocycles. The van der Waals surface area contributed by atoms with Crippen molar-refractivity contribution in [1.82, 2.24) is 9.38 Å². The van der Waals surface area contributed by atoms with Crippen LogP contribution < -0.4 is 4.74 Å². The fourth-order valence-electron chi connectivity index (χ4n) is 2.77. The number of hydrogen-bond acceptors (Lipinski definition) is 2. The standard InChI is InChI=1S/C18H14FN2O.Ir/c1-2-9-22-17-11-21-16-6-4-3-5-13(16)15-10-12(19)7-8-14(15)18(21)20-17;/h3-7,10-11H,2,9H2,1H3;/q-1;. The molecule has 2 aromatic heterocycles. The monoisotopic (exact) mass is 486 g/mol. The van der Waals surface area contributed by atoms with Gasteiger partial charge in [-0.25, -0.2) is 4.98 Å². The van der Waals surface area contributed by atoms with Gasteiger partial charge in [-0.1, -0.05) is 35.9 Å². The van der Waals surface area contributed by atoms with Gasteiger partial charge in [0.1, 0.15) is 0 Å². The fraction of sp³-hybridized carbons (Fsp3) is 0.167. The van der Waals surface area contributed by atoms with Crippen molar-refractivity contribution in [3.8, 4) is 5.88 Å². The Kier molecular flexibility index (Phi) is 4.33. The van der Waals surface area contributed by atoms with Crippen LogP contribution in [0.25, 0.3) is 27.3 Å². The molecule has 0 aliphatic rings. The van der Waals surface area contributed by atoms with Gasteiger partial charge in [0.25, 0.3) is 0 Å². The van der Waals surface area contributed by atoms with Crippen LogP contribution in [-0.4, -0.2) is 16.0 Å². The number of fused-ring (bicyclic) bond motifs is 6. The van der Waals surface area contributed by atoms with E-state index in [1.54, 1.807) is 0 Å². The van der Waals surface area contributed by atoms with Crippen LogP contribution in [0.2, 0.25) is 0 Å². The minimum absolute atomic E-state index is 0. The van der Waals surface area contributed by atoms with E-state index in [9.17, 15) is 4.39 Å². The van der Waals surface area contributed by atoms with E-state index in [1.807, 2.05) is 34.9 Å². The van der Waals surface area contributed by atoms with E-state index in [2.05, 4.69) is 18.0 Å². The van der Waals surface area contributed by atoms with E-state index in [4.69, 9.17) is 4.74 Å². The van der Waals surface area contributed by atoms with Gasteiger partial charge < -0.3 is 9.14 Å². The van der Waals surface area contributed by atoms with E-state index >= 15 is 0 Å². The second-order valence-electron chi connectivity index (χ2n) is 5.24. The molecule has 1 radical (unpaired) electrons. The number of pyridine rings is 1. The Balaban J connectivity index is 0.00000156. The number of ether oxygens (including phenoxy) is 1. The van der Waals surface area contributed by atoms with Crippen molar-refractivity contribution in [3.05, 3.63) is 54.5 Å². The molecule has 0 bridgehead atoms. The molecule has 4 aromatic rings. The number of rotatable bonds is 3. The molecule has 0 unspecified atom stereocenters. The molecule has 119 valence electrons. The molecule has 0 atom stereocenters. The number of halogens is 1. The van der Waals surface area contributed by atoms with Gasteiger partial charge in [-0.15, -0.1) is 18.2 Å². The van der Waals surface area contributed by atoms with Crippen LogP contribution in [0.1, 0.15) is 13.3 Å². The minimum Gasteiger partial charge on any atom is -0.477 e. The topological polar surface area (TPSA) is 26.5 Å². The minimum atomic E-state index is -0.295. The molecule has 2 aromatic carbocycles. The van der Waals surface area contributed by atoms with E-state index in [0.717, 1.165) is 33.7 Å². The van der Waals surface area contributed by atoms with Crippen LogP contribution in [0.4, 0.5) is 4.39 Å². The fourth-order valence-corrected chi connectivity index (χ4v) is 2.77. The Morgan fingerprint density at radius 2 is 2.09 bits per heavy atom. The molecule has 3 nitrogen and oxygen atoms in total. The third-order valence-electron chi connectivity index (χ3n) is 3.72. The number of hydrogen-bond donors (Lipinski definition) is 0. The van der Waals surface area contributed by atoms with Gasteiger partial charge >= 0.3 is 0 Å². The first-order valence-electron chi connectivity index (χ1n) is 7.31. The predicted molar refractivity (Wildman–Crippen MR) is 84.8 cm³/mol. The van der Waals surface area contributed by atoms with Crippen LogP contribution in [-0.2, 0) is 20.1 Å². The number of imidazole rings is 1. The molecular weight excluding hydrogens is 471 g/mol. The van der Waals surface area contributed by atoms with Crippen molar-refractivity contribution in [1.29, 1.82) is 0 Å². The molecule has 0 N–H and O–H groups in total. The average molecular weight is 486 g/mol. The van der Waals surface area contributed by atoms with Crippen LogP contribution in [0.5, 0.6) is 5.88 Å². The molecule has 23 heavy (non-hydrogen) atoms. The summed E-state index contributed by atoms with van der Waals surface area (Å²) in [5, 5.41) is 2.59. The normalized spacial score (nSPS) is 11.0. The summed E-state index contributed by atoms with van der Waals surface area (Å²) in [6.07, 6.45) is 2.80. The molecule has 0 amide bonds. The molecule has 5 heteroatoms. The third kappa shape index (κ3) is 2.60. The SMILES string of the molecule is CCCOc1cn2c3ccccc3c3cc(F)c[c-]c3c2n1.[Ir].